The maximum absolute atomic E-state index is 9.88. The molecule has 0 fully saturated rings. The largest absolute Gasteiger partial charge is 0.393 e. The monoisotopic (exact) mass is 200 g/mol. The van der Waals surface area contributed by atoms with Crippen molar-refractivity contribution in [2.75, 3.05) is 0 Å². The number of aliphatic hydroxyl groups excluding tert-OH is 1. The van der Waals surface area contributed by atoms with E-state index in [9.17, 15) is 5.11 Å². The van der Waals surface area contributed by atoms with Crippen LogP contribution in [0.2, 0.25) is 0 Å². The molecule has 0 saturated heterocycles. The van der Waals surface area contributed by atoms with Gasteiger partial charge >= 0.3 is 0 Å². The Morgan fingerprint density at radius 1 is 1.00 bits per heavy atom. The molecule has 0 aliphatic carbocycles. The third-order valence-electron chi connectivity index (χ3n) is 3.40. The highest BCUT2D eigenvalue weighted by molar-refractivity contribution is 4.76. The maximum Gasteiger partial charge on any atom is 0.0545 e. The zero-order valence-electron chi connectivity index (χ0n) is 10.8. The zero-order valence-corrected chi connectivity index (χ0v) is 10.8. The Labute approximate surface area is 89.9 Å². The first-order valence-electron chi connectivity index (χ1n) is 5.93. The summed E-state index contributed by atoms with van der Waals surface area (Å²) in [5, 5.41) is 9.88. The molecule has 0 aromatic rings. The normalized spacial score (nSPS) is 15.2. The highest BCUT2D eigenvalue weighted by atomic mass is 16.3. The Morgan fingerprint density at radius 3 is 1.86 bits per heavy atom. The average Bonchev–Trinajstić information content (AvgIpc) is 1.99. The lowest BCUT2D eigenvalue weighted by Gasteiger charge is -2.31. The van der Waals surface area contributed by atoms with Crippen LogP contribution in [0.1, 0.15) is 60.8 Å². The number of hydrogen-bond acceptors (Lipinski definition) is 1. The molecule has 1 heteroatoms. The van der Waals surface area contributed by atoms with Gasteiger partial charge < -0.3 is 5.11 Å². The van der Waals surface area contributed by atoms with Gasteiger partial charge in [-0.05, 0) is 36.5 Å². The molecule has 0 aromatic heterocycles. The molecule has 0 amide bonds. The summed E-state index contributed by atoms with van der Waals surface area (Å²) in [6, 6.07) is 0. The predicted octanol–water partition coefficient (Wildman–Crippen LogP) is 3.86. The van der Waals surface area contributed by atoms with Gasteiger partial charge in [0, 0.05) is 0 Å². The first kappa shape index (κ1) is 14.0. The molecular weight excluding hydrogens is 172 g/mol. The molecule has 1 N–H and O–H groups in total. The Kier molecular flexibility index (Phi) is 5.73. The van der Waals surface area contributed by atoms with Gasteiger partial charge in [-0.25, -0.2) is 0 Å². The van der Waals surface area contributed by atoms with Crippen LogP contribution in [0.15, 0.2) is 0 Å². The highest BCUT2D eigenvalue weighted by Gasteiger charge is 2.25. The van der Waals surface area contributed by atoms with E-state index in [1.54, 1.807) is 0 Å². The molecule has 14 heavy (non-hydrogen) atoms. The molecule has 0 radical (unpaired) electrons. The first-order chi connectivity index (χ1) is 6.25. The minimum Gasteiger partial charge on any atom is -0.393 e. The Bertz CT molecular complexity index is 147. The minimum absolute atomic E-state index is 0.116. The van der Waals surface area contributed by atoms with Crippen LogP contribution >= 0.6 is 0 Å². The second-order valence-electron chi connectivity index (χ2n) is 5.97. The van der Waals surface area contributed by atoms with Crippen LogP contribution in [0, 0.1) is 17.3 Å². The van der Waals surface area contributed by atoms with Gasteiger partial charge in [0.05, 0.1) is 6.10 Å². The molecule has 0 bridgehead atoms. The van der Waals surface area contributed by atoms with Gasteiger partial charge in [-0.15, -0.1) is 0 Å². The van der Waals surface area contributed by atoms with E-state index in [2.05, 4.69) is 41.5 Å². The van der Waals surface area contributed by atoms with E-state index in [1.165, 1.54) is 0 Å². The molecule has 0 aromatic carbocycles. The van der Waals surface area contributed by atoms with Gasteiger partial charge in [-0.3, -0.25) is 0 Å². The SMILES string of the molecule is CC(C)CCC(O)CC(C)(C)C(C)C. The van der Waals surface area contributed by atoms with Gasteiger partial charge in [0.1, 0.15) is 0 Å². The summed E-state index contributed by atoms with van der Waals surface area (Å²) >= 11 is 0. The number of rotatable bonds is 6. The second-order valence-corrected chi connectivity index (χ2v) is 5.97. The third-order valence-corrected chi connectivity index (χ3v) is 3.40. The Hall–Kier alpha value is -0.0400. The van der Waals surface area contributed by atoms with Crippen molar-refractivity contribution in [2.24, 2.45) is 17.3 Å². The summed E-state index contributed by atoms with van der Waals surface area (Å²) in [5.41, 5.74) is 0.260. The van der Waals surface area contributed by atoms with Gasteiger partial charge in [-0.1, -0.05) is 41.5 Å². The lowest BCUT2D eigenvalue weighted by atomic mass is 9.76. The van der Waals surface area contributed by atoms with Crippen LogP contribution in [-0.2, 0) is 0 Å². The summed E-state index contributed by atoms with van der Waals surface area (Å²) in [6.45, 7) is 13.4. The van der Waals surface area contributed by atoms with Crippen molar-refractivity contribution >= 4 is 0 Å². The van der Waals surface area contributed by atoms with Crippen molar-refractivity contribution in [1.29, 1.82) is 0 Å². The average molecular weight is 200 g/mol. The fraction of sp³-hybridized carbons (Fsp3) is 1.00. The third kappa shape index (κ3) is 5.64. The molecular formula is C13H28O. The van der Waals surface area contributed by atoms with Crippen LogP contribution in [0.25, 0.3) is 0 Å². The lowest BCUT2D eigenvalue weighted by molar-refractivity contribution is 0.0785. The molecule has 0 rings (SSSR count). The molecule has 1 unspecified atom stereocenters. The van der Waals surface area contributed by atoms with Crippen LogP contribution in [0.5, 0.6) is 0 Å². The number of hydrogen-bond donors (Lipinski definition) is 1. The first-order valence-corrected chi connectivity index (χ1v) is 5.93. The van der Waals surface area contributed by atoms with Crippen molar-refractivity contribution in [3.8, 4) is 0 Å². The number of aliphatic hydroxyl groups is 1. The van der Waals surface area contributed by atoms with Crippen molar-refractivity contribution in [1.82, 2.24) is 0 Å². The standard InChI is InChI=1S/C13H28O/c1-10(2)7-8-12(14)9-13(5,6)11(3)4/h10-12,14H,7-9H2,1-6H3. The fourth-order valence-electron chi connectivity index (χ4n) is 1.47. The van der Waals surface area contributed by atoms with E-state index in [4.69, 9.17) is 0 Å². The molecule has 86 valence electrons. The molecule has 1 nitrogen and oxygen atoms in total. The summed E-state index contributed by atoms with van der Waals surface area (Å²) in [4.78, 5) is 0. The van der Waals surface area contributed by atoms with Crippen LogP contribution < -0.4 is 0 Å². The molecule has 0 spiro atoms. The Balaban J connectivity index is 3.87. The fourth-order valence-corrected chi connectivity index (χ4v) is 1.47. The van der Waals surface area contributed by atoms with Crippen molar-refractivity contribution in [3.63, 3.8) is 0 Å². The molecule has 1 atom stereocenters. The predicted molar refractivity (Wildman–Crippen MR) is 63.3 cm³/mol. The summed E-state index contributed by atoms with van der Waals surface area (Å²) < 4.78 is 0. The molecule has 0 aliphatic heterocycles. The second kappa shape index (κ2) is 5.75. The van der Waals surface area contributed by atoms with Gasteiger partial charge in [-0.2, -0.15) is 0 Å². The zero-order chi connectivity index (χ0) is 11.4. The molecule has 0 saturated carbocycles. The van der Waals surface area contributed by atoms with Crippen LogP contribution in [-0.4, -0.2) is 11.2 Å². The smallest absolute Gasteiger partial charge is 0.0545 e. The van der Waals surface area contributed by atoms with Gasteiger partial charge in [0.25, 0.3) is 0 Å². The van der Waals surface area contributed by atoms with E-state index in [1.807, 2.05) is 0 Å². The van der Waals surface area contributed by atoms with E-state index in [0.29, 0.717) is 11.8 Å². The van der Waals surface area contributed by atoms with E-state index in [-0.39, 0.29) is 11.5 Å². The summed E-state index contributed by atoms with van der Waals surface area (Å²) in [7, 11) is 0. The van der Waals surface area contributed by atoms with Crippen molar-refractivity contribution in [3.05, 3.63) is 0 Å². The lowest BCUT2D eigenvalue weighted by Crippen LogP contribution is -2.25. The van der Waals surface area contributed by atoms with Crippen LogP contribution in [0.4, 0.5) is 0 Å². The maximum atomic E-state index is 9.88. The van der Waals surface area contributed by atoms with E-state index in [0.717, 1.165) is 19.3 Å². The van der Waals surface area contributed by atoms with Gasteiger partial charge in [0.15, 0.2) is 0 Å². The van der Waals surface area contributed by atoms with Crippen molar-refractivity contribution in [2.45, 2.75) is 66.9 Å². The van der Waals surface area contributed by atoms with E-state index >= 15 is 0 Å². The van der Waals surface area contributed by atoms with E-state index < -0.39 is 0 Å². The van der Waals surface area contributed by atoms with Crippen LogP contribution in [0.3, 0.4) is 0 Å². The summed E-state index contributed by atoms with van der Waals surface area (Å²) in [6.07, 6.45) is 2.90. The topological polar surface area (TPSA) is 20.2 Å². The minimum atomic E-state index is -0.116. The molecule has 0 heterocycles. The highest BCUT2D eigenvalue weighted by Crippen LogP contribution is 2.32. The Morgan fingerprint density at radius 2 is 1.50 bits per heavy atom. The quantitative estimate of drug-likeness (QED) is 0.690. The van der Waals surface area contributed by atoms with Crippen molar-refractivity contribution < 1.29 is 5.11 Å². The van der Waals surface area contributed by atoms with Gasteiger partial charge in [0.2, 0.25) is 0 Å². The molecule has 0 aliphatic rings. The summed E-state index contributed by atoms with van der Waals surface area (Å²) in [5.74, 6) is 1.34.